The molecule has 0 bridgehead atoms. The average Bonchev–Trinajstić information content (AvgIpc) is 3.37. The van der Waals surface area contributed by atoms with E-state index in [0.29, 0.717) is 5.56 Å². The molecule has 3 fully saturated rings. The molecule has 0 atom stereocenters. The van der Waals surface area contributed by atoms with E-state index in [1.807, 2.05) is 29.2 Å². The van der Waals surface area contributed by atoms with Gasteiger partial charge in [0.2, 0.25) is 5.91 Å². The zero-order valence-corrected chi connectivity index (χ0v) is 14.7. The summed E-state index contributed by atoms with van der Waals surface area (Å²) in [5.74, 6) is 0.394. The van der Waals surface area contributed by atoms with Gasteiger partial charge in [0, 0.05) is 49.4 Å². The van der Waals surface area contributed by atoms with Gasteiger partial charge in [-0.1, -0.05) is 12.8 Å². The third-order valence-corrected chi connectivity index (χ3v) is 5.79. The lowest BCUT2D eigenvalue weighted by molar-refractivity contribution is -0.117. The fraction of sp³-hybridized carbons (Fsp3) is 0.600. The highest BCUT2D eigenvalue weighted by Gasteiger charge is 2.30. The lowest BCUT2D eigenvalue weighted by Crippen LogP contribution is -2.51. The molecule has 1 aliphatic heterocycles. The Hall–Kier alpha value is -1.88. The lowest BCUT2D eigenvalue weighted by atomic mass is 10.1. The number of benzene rings is 1. The Morgan fingerprint density at radius 3 is 2.12 bits per heavy atom. The van der Waals surface area contributed by atoms with Gasteiger partial charge in [0.1, 0.15) is 0 Å². The molecule has 1 aromatic carbocycles. The Morgan fingerprint density at radius 1 is 0.880 bits per heavy atom. The van der Waals surface area contributed by atoms with Crippen molar-refractivity contribution < 1.29 is 9.59 Å². The predicted molar refractivity (Wildman–Crippen MR) is 97.5 cm³/mol. The summed E-state index contributed by atoms with van der Waals surface area (Å²) in [5, 5.41) is 2.92. The fourth-order valence-corrected chi connectivity index (χ4v) is 4.03. The summed E-state index contributed by atoms with van der Waals surface area (Å²) in [6, 6.07) is 8.07. The summed E-state index contributed by atoms with van der Waals surface area (Å²) in [4.78, 5) is 29.0. The first-order chi connectivity index (χ1) is 12.2. The highest BCUT2D eigenvalue weighted by atomic mass is 16.2. The van der Waals surface area contributed by atoms with Crippen molar-refractivity contribution >= 4 is 17.5 Å². The number of nitrogens with one attached hydrogen (secondary N) is 1. The first-order valence-electron chi connectivity index (χ1n) is 9.65. The van der Waals surface area contributed by atoms with Crippen molar-refractivity contribution in [1.82, 2.24) is 9.80 Å². The second kappa shape index (κ2) is 7.16. The summed E-state index contributed by atoms with van der Waals surface area (Å²) in [7, 11) is 0. The molecule has 4 rings (SSSR count). The van der Waals surface area contributed by atoms with Crippen LogP contribution in [0.15, 0.2) is 24.3 Å². The van der Waals surface area contributed by atoms with Crippen LogP contribution in [0.1, 0.15) is 48.9 Å². The average molecular weight is 341 g/mol. The second-order valence-corrected chi connectivity index (χ2v) is 7.61. The van der Waals surface area contributed by atoms with Gasteiger partial charge in [0.05, 0.1) is 0 Å². The van der Waals surface area contributed by atoms with Crippen LogP contribution >= 0.6 is 0 Å². The van der Waals surface area contributed by atoms with Crippen molar-refractivity contribution in [2.75, 3.05) is 31.5 Å². The smallest absolute Gasteiger partial charge is 0.253 e. The number of carbonyl (C=O) groups excluding carboxylic acids is 2. The molecule has 3 aliphatic rings. The predicted octanol–water partition coefficient (Wildman–Crippen LogP) is 2.74. The van der Waals surface area contributed by atoms with E-state index in [0.717, 1.165) is 50.7 Å². The van der Waals surface area contributed by atoms with E-state index in [9.17, 15) is 9.59 Å². The highest BCUT2D eigenvalue weighted by molar-refractivity contribution is 5.96. The Morgan fingerprint density at radius 2 is 1.52 bits per heavy atom. The van der Waals surface area contributed by atoms with Crippen LogP contribution in [0, 0.1) is 5.92 Å². The number of nitrogens with zero attached hydrogens (tertiary/aromatic N) is 2. The summed E-state index contributed by atoms with van der Waals surface area (Å²) in [6.45, 7) is 3.61. The Kier molecular flexibility index (Phi) is 4.75. The van der Waals surface area contributed by atoms with Gasteiger partial charge in [-0.3, -0.25) is 14.5 Å². The number of anilines is 1. The van der Waals surface area contributed by atoms with Crippen LogP contribution in [-0.2, 0) is 4.79 Å². The third-order valence-electron chi connectivity index (χ3n) is 5.79. The van der Waals surface area contributed by atoms with Crippen molar-refractivity contribution in [3.63, 3.8) is 0 Å². The van der Waals surface area contributed by atoms with Crippen LogP contribution in [0.3, 0.4) is 0 Å². The molecule has 0 aromatic heterocycles. The number of hydrogen-bond donors (Lipinski definition) is 1. The van der Waals surface area contributed by atoms with Gasteiger partial charge in [-0.25, -0.2) is 0 Å². The molecule has 1 aromatic rings. The zero-order chi connectivity index (χ0) is 17.2. The van der Waals surface area contributed by atoms with Gasteiger partial charge in [-0.05, 0) is 49.9 Å². The normalized spacial score (nSPS) is 22.2. The molecule has 1 saturated heterocycles. The monoisotopic (exact) mass is 341 g/mol. The topological polar surface area (TPSA) is 52.7 Å². The molecule has 134 valence electrons. The van der Waals surface area contributed by atoms with Gasteiger partial charge in [-0.2, -0.15) is 0 Å². The quantitative estimate of drug-likeness (QED) is 0.916. The second-order valence-electron chi connectivity index (χ2n) is 7.61. The Bertz CT molecular complexity index is 625. The molecule has 2 saturated carbocycles. The molecular formula is C20H27N3O2. The summed E-state index contributed by atoms with van der Waals surface area (Å²) >= 11 is 0. The van der Waals surface area contributed by atoms with Crippen LogP contribution in [-0.4, -0.2) is 53.8 Å². The highest BCUT2D eigenvalue weighted by Crippen LogP contribution is 2.30. The van der Waals surface area contributed by atoms with Gasteiger partial charge in [-0.15, -0.1) is 0 Å². The van der Waals surface area contributed by atoms with E-state index in [1.165, 1.54) is 25.7 Å². The van der Waals surface area contributed by atoms with Crippen LogP contribution in [0.5, 0.6) is 0 Å². The molecule has 0 radical (unpaired) electrons. The number of piperazine rings is 1. The molecule has 5 heteroatoms. The van der Waals surface area contributed by atoms with Gasteiger partial charge in [0.25, 0.3) is 5.91 Å². The van der Waals surface area contributed by atoms with Crippen molar-refractivity contribution in [2.45, 2.75) is 44.6 Å². The van der Waals surface area contributed by atoms with Crippen molar-refractivity contribution in [1.29, 1.82) is 0 Å². The Labute approximate surface area is 149 Å². The molecule has 1 N–H and O–H groups in total. The fourth-order valence-electron chi connectivity index (χ4n) is 4.03. The molecule has 5 nitrogen and oxygen atoms in total. The maximum Gasteiger partial charge on any atom is 0.253 e. The molecule has 25 heavy (non-hydrogen) atoms. The van der Waals surface area contributed by atoms with Gasteiger partial charge >= 0.3 is 0 Å². The maximum atomic E-state index is 12.7. The zero-order valence-electron chi connectivity index (χ0n) is 14.7. The first kappa shape index (κ1) is 16.6. The minimum Gasteiger partial charge on any atom is -0.336 e. The summed E-state index contributed by atoms with van der Waals surface area (Å²) in [5.41, 5.74) is 1.48. The first-order valence-corrected chi connectivity index (χ1v) is 9.65. The molecule has 0 unspecified atom stereocenters. The number of rotatable bonds is 4. The number of carbonyl (C=O) groups is 2. The third kappa shape index (κ3) is 3.87. The molecule has 2 amide bonds. The van der Waals surface area contributed by atoms with E-state index >= 15 is 0 Å². The number of amides is 2. The summed E-state index contributed by atoms with van der Waals surface area (Å²) in [6.07, 6.45) is 7.34. The van der Waals surface area contributed by atoms with Crippen LogP contribution < -0.4 is 5.32 Å². The summed E-state index contributed by atoms with van der Waals surface area (Å²) < 4.78 is 0. The Balaban J connectivity index is 1.30. The van der Waals surface area contributed by atoms with Gasteiger partial charge in [0.15, 0.2) is 0 Å². The van der Waals surface area contributed by atoms with E-state index in [-0.39, 0.29) is 17.7 Å². The van der Waals surface area contributed by atoms with Crippen molar-refractivity contribution in [2.24, 2.45) is 5.92 Å². The SMILES string of the molecule is O=C(Nc1ccc(C(=O)N2CCN(C3CCCC3)CC2)cc1)C1CC1. The lowest BCUT2D eigenvalue weighted by Gasteiger charge is -2.38. The van der Waals surface area contributed by atoms with E-state index in [2.05, 4.69) is 10.2 Å². The van der Waals surface area contributed by atoms with E-state index in [4.69, 9.17) is 0 Å². The van der Waals surface area contributed by atoms with E-state index in [1.54, 1.807) is 0 Å². The maximum absolute atomic E-state index is 12.7. The van der Waals surface area contributed by atoms with Crippen LogP contribution in [0.2, 0.25) is 0 Å². The molecule has 1 heterocycles. The van der Waals surface area contributed by atoms with E-state index < -0.39 is 0 Å². The largest absolute Gasteiger partial charge is 0.336 e. The molecular weight excluding hydrogens is 314 g/mol. The van der Waals surface area contributed by atoms with Crippen molar-refractivity contribution in [3.05, 3.63) is 29.8 Å². The minimum atomic E-state index is 0.0992. The van der Waals surface area contributed by atoms with Gasteiger partial charge < -0.3 is 10.2 Å². The van der Waals surface area contributed by atoms with Crippen LogP contribution in [0.25, 0.3) is 0 Å². The minimum absolute atomic E-state index is 0.0992. The standard InChI is InChI=1S/C20H27N3O2/c24-19(15-5-6-15)21-17-9-7-16(8-10-17)20(25)23-13-11-22(12-14-23)18-3-1-2-4-18/h7-10,15,18H,1-6,11-14H2,(H,21,24). The molecule has 2 aliphatic carbocycles. The van der Waals surface area contributed by atoms with Crippen molar-refractivity contribution in [3.8, 4) is 0 Å². The number of hydrogen-bond acceptors (Lipinski definition) is 3. The molecule has 0 spiro atoms. The van der Waals surface area contributed by atoms with Crippen LogP contribution in [0.4, 0.5) is 5.69 Å².